The van der Waals surface area contributed by atoms with E-state index in [1.54, 1.807) is 12.1 Å². The summed E-state index contributed by atoms with van der Waals surface area (Å²) in [5, 5.41) is 12.5. The molecule has 0 aliphatic rings. The van der Waals surface area contributed by atoms with Crippen LogP contribution < -0.4 is 5.32 Å². The van der Waals surface area contributed by atoms with Crippen molar-refractivity contribution in [2.45, 2.75) is 6.04 Å². The SMILES string of the molecule is OCC(Nc1ccccc1)c1cccc(Cl)c1F. The quantitative estimate of drug-likeness (QED) is 0.885. The van der Waals surface area contributed by atoms with E-state index in [1.807, 2.05) is 30.3 Å². The van der Waals surface area contributed by atoms with Gasteiger partial charge < -0.3 is 10.4 Å². The van der Waals surface area contributed by atoms with Crippen LogP contribution in [0.3, 0.4) is 0 Å². The smallest absolute Gasteiger partial charge is 0.147 e. The highest BCUT2D eigenvalue weighted by molar-refractivity contribution is 6.30. The molecule has 94 valence electrons. The van der Waals surface area contributed by atoms with Crippen LogP contribution in [-0.4, -0.2) is 11.7 Å². The van der Waals surface area contributed by atoms with Crippen LogP contribution in [0.5, 0.6) is 0 Å². The molecule has 2 aromatic rings. The molecule has 0 radical (unpaired) electrons. The molecule has 1 unspecified atom stereocenters. The van der Waals surface area contributed by atoms with Crippen LogP contribution in [0.25, 0.3) is 0 Å². The first kappa shape index (κ1) is 12.9. The molecule has 4 heteroatoms. The first-order valence-electron chi connectivity index (χ1n) is 5.58. The van der Waals surface area contributed by atoms with Gasteiger partial charge in [0.15, 0.2) is 0 Å². The van der Waals surface area contributed by atoms with Gasteiger partial charge >= 0.3 is 0 Å². The maximum atomic E-state index is 13.9. The first-order chi connectivity index (χ1) is 8.72. The maximum absolute atomic E-state index is 13.9. The Kier molecular flexibility index (Phi) is 4.18. The Morgan fingerprint density at radius 1 is 1.11 bits per heavy atom. The summed E-state index contributed by atoms with van der Waals surface area (Å²) in [4.78, 5) is 0. The molecule has 18 heavy (non-hydrogen) atoms. The summed E-state index contributed by atoms with van der Waals surface area (Å²) < 4.78 is 13.9. The van der Waals surface area contributed by atoms with Gasteiger partial charge in [0.25, 0.3) is 0 Å². The zero-order chi connectivity index (χ0) is 13.0. The van der Waals surface area contributed by atoms with E-state index in [1.165, 1.54) is 6.07 Å². The van der Waals surface area contributed by atoms with Crippen LogP contribution in [0.1, 0.15) is 11.6 Å². The number of rotatable bonds is 4. The van der Waals surface area contributed by atoms with E-state index < -0.39 is 11.9 Å². The van der Waals surface area contributed by atoms with Crippen LogP contribution >= 0.6 is 11.6 Å². The molecule has 2 aromatic carbocycles. The van der Waals surface area contributed by atoms with Gasteiger partial charge in [-0.15, -0.1) is 0 Å². The third kappa shape index (κ3) is 2.81. The van der Waals surface area contributed by atoms with Crippen molar-refractivity contribution >= 4 is 17.3 Å². The zero-order valence-corrected chi connectivity index (χ0v) is 10.4. The minimum Gasteiger partial charge on any atom is -0.394 e. The summed E-state index contributed by atoms with van der Waals surface area (Å²) >= 11 is 5.73. The number of para-hydroxylation sites is 1. The normalized spacial score (nSPS) is 12.2. The Morgan fingerprint density at radius 2 is 1.83 bits per heavy atom. The lowest BCUT2D eigenvalue weighted by atomic mass is 10.1. The molecule has 1 atom stereocenters. The summed E-state index contributed by atoms with van der Waals surface area (Å²) in [6, 6.07) is 13.6. The third-order valence-electron chi connectivity index (χ3n) is 2.65. The molecule has 0 aliphatic heterocycles. The Balaban J connectivity index is 2.26. The molecule has 0 spiro atoms. The summed E-state index contributed by atoms with van der Waals surface area (Å²) in [6.45, 7) is -0.216. The van der Waals surface area contributed by atoms with Crippen LogP contribution in [0, 0.1) is 5.82 Å². The van der Waals surface area contributed by atoms with Crippen molar-refractivity contribution in [3.05, 3.63) is 64.9 Å². The van der Waals surface area contributed by atoms with Crippen LogP contribution in [0.15, 0.2) is 48.5 Å². The number of halogens is 2. The van der Waals surface area contributed by atoms with Crippen LogP contribution in [-0.2, 0) is 0 Å². The van der Waals surface area contributed by atoms with E-state index in [9.17, 15) is 9.50 Å². The average Bonchev–Trinajstić information content (AvgIpc) is 2.41. The Bertz CT molecular complexity index is 518. The Morgan fingerprint density at radius 3 is 2.50 bits per heavy atom. The second-order valence-electron chi connectivity index (χ2n) is 3.89. The molecule has 2 N–H and O–H groups in total. The van der Waals surface area contributed by atoms with Crippen molar-refractivity contribution in [2.24, 2.45) is 0 Å². The van der Waals surface area contributed by atoms with Gasteiger partial charge in [-0.05, 0) is 18.2 Å². The van der Waals surface area contributed by atoms with Gasteiger partial charge in [-0.2, -0.15) is 0 Å². The standard InChI is InChI=1S/C14H13ClFNO/c15-12-8-4-7-11(14(12)16)13(9-18)17-10-5-2-1-3-6-10/h1-8,13,17-18H,9H2. The monoisotopic (exact) mass is 265 g/mol. The molecular weight excluding hydrogens is 253 g/mol. The van der Waals surface area contributed by atoms with E-state index in [-0.39, 0.29) is 11.6 Å². The molecular formula is C14H13ClFNO. The molecule has 0 aromatic heterocycles. The topological polar surface area (TPSA) is 32.3 Å². The summed E-state index contributed by atoms with van der Waals surface area (Å²) in [6.07, 6.45) is 0. The molecule has 0 heterocycles. The number of nitrogens with one attached hydrogen (secondary N) is 1. The first-order valence-corrected chi connectivity index (χ1v) is 5.96. The van der Waals surface area contributed by atoms with Crippen molar-refractivity contribution < 1.29 is 9.50 Å². The van der Waals surface area contributed by atoms with Gasteiger partial charge in [0.05, 0.1) is 17.7 Å². The summed E-state index contributed by atoms with van der Waals surface area (Å²) in [7, 11) is 0. The van der Waals surface area contributed by atoms with E-state index in [4.69, 9.17) is 11.6 Å². The average molecular weight is 266 g/mol. The van der Waals surface area contributed by atoms with Crippen LogP contribution in [0.4, 0.5) is 10.1 Å². The molecule has 2 rings (SSSR count). The largest absolute Gasteiger partial charge is 0.394 e. The van der Waals surface area contributed by atoms with E-state index >= 15 is 0 Å². The molecule has 0 saturated carbocycles. The van der Waals surface area contributed by atoms with Crippen molar-refractivity contribution in [1.29, 1.82) is 0 Å². The molecule has 0 aliphatic carbocycles. The number of aliphatic hydroxyl groups excluding tert-OH is 1. The third-order valence-corrected chi connectivity index (χ3v) is 2.95. The fourth-order valence-electron chi connectivity index (χ4n) is 1.75. The van der Waals surface area contributed by atoms with Gasteiger partial charge in [-0.25, -0.2) is 4.39 Å². The molecule has 0 amide bonds. The number of aliphatic hydroxyl groups is 1. The lowest BCUT2D eigenvalue weighted by Crippen LogP contribution is -2.16. The van der Waals surface area contributed by atoms with Gasteiger partial charge in [0.2, 0.25) is 0 Å². The highest BCUT2D eigenvalue weighted by Gasteiger charge is 2.16. The van der Waals surface area contributed by atoms with E-state index in [2.05, 4.69) is 5.32 Å². The maximum Gasteiger partial charge on any atom is 0.147 e. The van der Waals surface area contributed by atoms with Gasteiger partial charge in [0, 0.05) is 11.3 Å². The van der Waals surface area contributed by atoms with Crippen molar-refractivity contribution in [3.8, 4) is 0 Å². The number of hydrogen-bond acceptors (Lipinski definition) is 2. The van der Waals surface area contributed by atoms with Crippen LogP contribution in [0.2, 0.25) is 5.02 Å². The highest BCUT2D eigenvalue weighted by Crippen LogP contribution is 2.25. The lowest BCUT2D eigenvalue weighted by Gasteiger charge is -2.19. The minimum absolute atomic E-state index is 0.0563. The summed E-state index contributed by atoms with van der Waals surface area (Å²) in [5.74, 6) is -0.498. The Hall–Kier alpha value is -1.58. The fourth-order valence-corrected chi connectivity index (χ4v) is 1.93. The van der Waals surface area contributed by atoms with E-state index in [0.29, 0.717) is 5.56 Å². The molecule has 0 saturated heterocycles. The lowest BCUT2D eigenvalue weighted by molar-refractivity contribution is 0.274. The summed E-state index contributed by atoms with van der Waals surface area (Å²) in [5.41, 5.74) is 1.17. The molecule has 0 bridgehead atoms. The van der Waals surface area contributed by atoms with E-state index in [0.717, 1.165) is 5.69 Å². The van der Waals surface area contributed by atoms with Crippen molar-refractivity contribution in [1.82, 2.24) is 0 Å². The van der Waals surface area contributed by atoms with Crippen molar-refractivity contribution in [3.63, 3.8) is 0 Å². The van der Waals surface area contributed by atoms with Gasteiger partial charge in [-0.3, -0.25) is 0 Å². The second-order valence-corrected chi connectivity index (χ2v) is 4.30. The number of hydrogen-bond donors (Lipinski definition) is 2. The predicted molar refractivity (Wildman–Crippen MR) is 71.3 cm³/mol. The number of benzene rings is 2. The number of anilines is 1. The van der Waals surface area contributed by atoms with Gasteiger partial charge in [-0.1, -0.05) is 41.9 Å². The molecule has 2 nitrogen and oxygen atoms in total. The van der Waals surface area contributed by atoms with Crippen molar-refractivity contribution in [2.75, 3.05) is 11.9 Å². The predicted octanol–water partition coefficient (Wildman–Crippen LogP) is 3.62. The second kappa shape index (κ2) is 5.85. The van der Waals surface area contributed by atoms with Gasteiger partial charge in [0.1, 0.15) is 5.82 Å². The fraction of sp³-hybridized carbons (Fsp3) is 0.143. The minimum atomic E-state index is -0.522. The highest BCUT2D eigenvalue weighted by atomic mass is 35.5. The zero-order valence-electron chi connectivity index (χ0n) is 9.61. The Labute approximate surface area is 110 Å². The molecule has 0 fully saturated rings.